The van der Waals surface area contributed by atoms with Gasteiger partial charge in [0, 0.05) is 7.05 Å². The molecule has 0 aromatic rings. The molecule has 0 rings (SSSR count). The second-order valence-electron chi connectivity index (χ2n) is 0.886. The van der Waals surface area contributed by atoms with E-state index in [1.165, 1.54) is 0 Å². The van der Waals surface area contributed by atoms with Crippen molar-refractivity contribution in [3.05, 3.63) is 6.92 Å². The normalized spacial score (nSPS) is 7.71. The van der Waals surface area contributed by atoms with Crippen LogP contribution in [0.3, 0.4) is 0 Å². The molecule has 3 heteroatoms. The lowest BCUT2D eigenvalue weighted by atomic mass is 10.9. The molecule has 0 aliphatic rings. The predicted octanol–water partition coefficient (Wildman–Crippen LogP) is 0.341. The van der Waals surface area contributed by atoms with Crippen molar-refractivity contribution >= 4 is 17.4 Å². The summed E-state index contributed by atoms with van der Waals surface area (Å²) in [5, 5.41) is 3.03. The summed E-state index contributed by atoms with van der Waals surface area (Å²) < 4.78 is 4.70. The standard InChI is InChI=1S/C4H8NOS/c1-3-6-4(7)5-2/h1,3H2,2H3,(H,5,7). The Balaban J connectivity index is 3.00. The smallest absolute Gasteiger partial charge is 0.256 e. The molecule has 0 fully saturated rings. The molecule has 0 saturated carbocycles. The molecule has 41 valence electrons. The number of hydrogen-bond donors (Lipinski definition) is 1. The summed E-state index contributed by atoms with van der Waals surface area (Å²) in [6.07, 6.45) is 0. The Labute approximate surface area is 48.9 Å². The molecule has 0 aliphatic carbocycles. The van der Waals surface area contributed by atoms with Crippen LogP contribution in [0.15, 0.2) is 0 Å². The van der Waals surface area contributed by atoms with E-state index in [4.69, 9.17) is 4.74 Å². The van der Waals surface area contributed by atoms with E-state index in [2.05, 4.69) is 24.5 Å². The third kappa shape index (κ3) is 3.52. The first-order valence-electron chi connectivity index (χ1n) is 1.95. The zero-order chi connectivity index (χ0) is 5.70. The van der Waals surface area contributed by atoms with Gasteiger partial charge in [0.2, 0.25) is 0 Å². The van der Waals surface area contributed by atoms with Crippen LogP contribution in [0.1, 0.15) is 0 Å². The minimum Gasteiger partial charge on any atom is -0.471 e. The van der Waals surface area contributed by atoms with E-state index in [0.717, 1.165) is 0 Å². The Morgan fingerprint density at radius 2 is 2.57 bits per heavy atom. The first-order valence-corrected chi connectivity index (χ1v) is 2.36. The van der Waals surface area contributed by atoms with Gasteiger partial charge in [-0.25, -0.2) is 0 Å². The molecule has 0 aromatic heterocycles. The van der Waals surface area contributed by atoms with Crippen molar-refractivity contribution in [2.45, 2.75) is 0 Å². The van der Waals surface area contributed by atoms with Crippen LogP contribution in [-0.2, 0) is 4.74 Å². The molecule has 0 amide bonds. The van der Waals surface area contributed by atoms with Crippen LogP contribution in [0.5, 0.6) is 0 Å². The lowest BCUT2D eigenvalue weighted by Crippen LogP contribution is -2.18. The van der Waals surface area contributed by atoms with Crippen molar-refractivity contribution in [2.75, 3.05) is 13.7 Å². The van der Waals surface area contributed by atoms with E-state index < -0.39 is 0 Å². The van der Waals surface area contributed by atoms with Gasteiger partial charge in [-0.15, -0.1) is 0 Å². The zero-order valence-corrected chi connectivity index (χ0v) is 5.05. The predicted molar refractivity (Wildman–Crippen MR) is 33.0 cm³/mol. The maximum atomic E-state index is 4.70. The number of ether oxygens (including phenoxy) is 1. The second kappa shape index (κ2) is 3.87. The lowest BCUT2D eigenvalue weighted by Gasteiger charge is -1.99. The van der Waals surface area contributed by atoms with E-state index in [1.807, 2.05) is 0 Å². The molecular formula is C4H8NOS. The van der Waals surface area contributed by atoms with E-state index in [0.29, 0.717) is 11.8 Å². The Hall–Kier alpha value is -0.310. The van der Waals surface area contributed by atoms with E-state index >= 15 is 0 Å². The molecule has 0 aliphatic heterocycles. The molecule has 0 spiro atoms. The molecule has 0 heterocycles. The molecule has 0 bridgehead atoms. The summed E-state index contributed by atoms with van der Waals surface area (Å²) in [5.74, 6) is 0. The number of hydrogen-bond acceptors (Lipinski definition) is 2. The molecule has 0 saturated heterocycles. The van der Waals surface area contributed by atoms with Crippen molar-refractivity contribution in [3.63, 3.8) is 0 Å². The van der Waals surface area contributed by atoms with Crippen LogP contribution in [0.4, 0.5) is 0 Å². The van der Waals surface area contributed by atoms with Crippen LogP contribution >= 0.6 is 12.2 Å². The van der Waals surface area contributed by atoms with Gasteiger partial charge in [-0.1, -0.05) is 0 Å². The number of rotatable bonds is 1. The molecule has 1 radical (unpaired) electrons. The zero-order valence-electron chi connectivity index (χ0n) is 4.23. The number of thiocarbonyl (C=S) groups is 1. The third-order valence-electron chi connectivity index (χ3n) is 0.437. The topological polar surface area (TPSA) is 21.3 Å². The van der Waals surface area contributed by atoms with Gasteiger partial charge in [-0.3, -0.25) is 0 Å². The largest absolute Gasteiger partial charge is 0.471 e. The second-order valence-corrected chi connectivity index (χ2v) is 1.26. The van der Waals surface area contributed by atoms with Crippen LogP contribution < -0.4 is 5.32 Å². The number of nitrogens with one attached hydrogen (secondary N) is 1. The molecule has 0 aromatic carbocycles. The summed E-state index contributed by atoms with van der Waals surface area (Å²) >= 11 is 4.58. The SMILES string of the molecule is [CH2]COC(=S)NC. The minimum absolute atomic E-state index is 0.389. The summed E-state index contributed by atoms with van der Waals surface area (Å²) in [6, 6.07) is 0. The highest BCUT2D eigenvalue weighted by Gasteiger charge is 1.83. The van der Waals surface area contributed by atoms with Crippen molar-refractivity contribution in [3.8, 4) is 0 Å². The average molecular weight is 118 g/mol. The van der Waals surface area contributed by atoms with Gasteiger partial charge in [0.1, 0.15) is 0 Å². The van der Waals surface area contributed by atoms with Crippen LogP contribution in [0.25, 0.3) is 0 Å². The summed E-state index contributed by atoms with van der Waals surface area (Å²) in [6.45, 7) is 3.81. The third-order valence-corrected chi connectivity index (χ3v) is 0.759. The molecule has 1 N–H and O–H groups in total. The van der Waals surface area contributed by atoms with Gasteiger partial charge < -0.3 is 10.1 Å². The van der Waals surface area contributed by atoms with Crippen LogP contribution in [0.2, 0.25) is 0 Å². The molecule has 2 nitrogen and oxygen atoms in total. The Bertz CT molecular complexity index is 64.7. The van der Waals surface area contributed by atoms with E-state index in [1.54, 1.807) is 7.05 Å². The molecular weight excluding hydrogens is 110 g/mol. The van der Waals surface area contributed by atoms with Gasteiger partial charge in [-0.2, -0.15) is 0 Å². The monoisotopic (exact) mass is 118 g/mol. The summed E-state index contributed by atoms with van der Waals surface area (Å²) in [4.78, 5) is 0. The molecule has 0 atom stereocenters. The fraction of sp³-hybridized carbons (Fsp3) is 0.500. The minimum atomic E-state index is 0.389. The van der Waals surface area contributed by atoms with Crippen LogP contribution in [-0.4, -0.2) is 18.8 Å². The summed E-state index contributed by atoms with van der Waals surface area (Å²) in [7, 11) is 1.71. The Kier molecular flexibility index (Phi) is 3.69. The average Bonchev–Trinajstić information content (AvgIpc) is 1.68. The van der Waals surface area contributed by atoms with Gasteiger partial charge in [0.15, 0.2) is 0 Å². The quantitative estimate of drug-likeness (QED) is 0.502. The highest BCUT2D eigenvalue weighted by atomic mass is 32.1. The lowest BCUT2D eigenvalue weighted by molar-refractivity contribution is 0.344. The first-order chi connectivity index (χ1) is 3.31. The van der Waals surface area contributed by atoms with Crippen molar-refractivity contribution in [1.29, 1.82) is 0 Å². The highest BCUT2D eigenvalue weighted by molar-refractivity contribution is 7.80. The summed E-state index contributed by atoms with van der Waals surface area (Å²) in [5.41, 5.74) is 0. The van der Waals surface area contributed by atoms with Crippen molar-refractivity contribution < 1.29 is 4.74 Å². The van der Waals surface area contributed by atoms with E-state index in [9.17, 15) is 0 Å². The van der Waals surface area contributed by atoms with Gasteiger partial charge in [0.05, 0.1) is 6.61 Å². The maximum Gasteiger partial charge on any atom is 0.256 e. The fourth-order valence-electron chi connectivity index (χ4n) is 0.165. The van der Waals surface area contributed by atoms with Gasteiger partial charge >= 0.3 is 0 Å². The molecule has 7 heavy (non-hydrogen) atoms. The fourth-order valence-corrected chi connectivity index (χ4v) is 0.248. The Morgan fingerprint density at radius 1 is 2.00 bits per heavy atom. The maximum absolute atomic E-state index is 4.70. The highest BCUT2D eigenvalue weighted by Crippen LogP contribution is 1.71. The van der Waals surface area contributed by atoms with Crippen molar-refractivity contribution in [1.82, 2.24) is 5.32 Å². The van der Waals surface area contributed by atoms with Gasteiger partial charge in [0.25, 0.3) is 5.17 Å². The van der Waals surface area contributed by atoms with E-state index in [-0.39, 0.29) is 0 Å². The van der Waals surface area contributed by atoms with Gasteiger partial charge in [-0.05, 0) is 19.1 Å². The molecule has 0 unspecified atom stereocenters. The van der Waals surface area contributed by atoms with Crippen molar-refractivity contribution in [2.24, 2.45) is 0 Å². The first kappa shape index (κ1) is 6.69. The van der Waals surface area contributed by atoms with Crippen LogP contribution in [0, 0.1) is 6.92 Å². The Morgan fingerprint density at radius 3 is 2.71 bits per heavy atom.